The van der Waals surface area contributed by atoms with E-state index in [1.165, 1.54) is 0 Å². The van der Waals surface area contributed by atoms with Crippen molar-refractivity contribution >= 4 is 16.8 Å². The molecule has 1 aromatic carbocycles. The van der Waals surface area contributed by atoms with Gasteiger partial charge in [0.15, 0.2) is 0 Å². The Kier molecular flexibility index (Phi) is 4.93. The van der Waals surface area contributed by atoms with Crippen LogP contribution in [0.1, 0.15) is 38.7 Å². The topological polar surface area (TPSA) is 94.9 Å². The van der Waals surface area contributed by atoms with E-state index in [1.54, 1.807) is 0 Å². The van der Waals surface area contributed by atoms with Crippen molar-refractivity contribution in [3.05, 3.63) is 42.0 Å². The summed E-state index contributed by atoms with van der Waals surface area (Å²) in [6.07, 6.45) is 0.668. The zero-order chi connectivity index (χ0) is 16.3. The second-order valence-electron chi connectivity index (χ2n) is 6.10. The highest BCUT2D eigenvalue weighted by Gasteiger charge is 2.28. The van der Waals surface area contributed by atoms with Gasteiger partial charge >= 0.3 is 0 Å². The zero-order valence-electron chi connectivity index (χ0n) is 13.1. The Morgan fingerprint density at radius 2 is 1.86 bits per heavy atom. The van der Waals surface area contributed by atoms with Crippen LogP contribution in [0.2, 0.25) is 0 Å². The van der Waals surface area contributed by atoms with Gasteiger partial charge in [0.05, 0.1) is 21.4 Å². The van der Waals surface area contributed by atoms with E-state index in [1.807, 2.05) is 50.2 Å². The molecule has 0 saturated heterocycles. The summed E-state index contributed by atoms with van der Waals surface area (Å²) in [6, 6.07) is 11.7. The number of hydrogen-bond acceptors (Lipinski definition) is 4. The average Bonchev–Trinajstić information content (AvgIpc) is 2.47. The molecule has 1 unspecified atom stereocenters. The highest BCUT2D eigenvalue weighted by atomic mass is 32.2. The van der Waals surface area contributed by atoms with Gasteiger partial charge in [-0.05, 0) is 37.8 Å². The molecule has 4 N–H and O–H groups in total. The Labute approximate surface area is 133 Å². The lowest BCUT2D eigenvalue weighted by atomic mass is 9.89. The standard InChI is InChI=1S/C16H22N4OS/c1-11(10-16(2,3)22(18)21)13-9-14(17)19-20-15(13)12-7-5-4-6-8-12/h4-9,11H,10,18H2,1-3H3,(H2,17,19)/t11-,22?/m0/s1. The van der Waals surface area contributed by atoms with Crippen LogP contribution in [-0.4, -0.2) is 19.2 Å². The van der Waals surface area contributed by atoms with Crippen molar-refractivity contribution in [1.82, 2.24) is 10.2 Å². The lowest BCUT2D eigenvalue weighted by molar-refractivity contribution is 0.540. The van der Waals surface area contributed by atoms with E-state index < -0.39 is 15.7 Å². The lowest BCUT2D eigenvalue weighted by Crippen LogP contribution is -2.33. The largest absolute Gasteiger partial charge is 0.382 e. The maximum Gasteiger partial charge on any atom is 0.146 e. The maximum atomic E-state index is 11.7. The van der Waals surface area contributed by atoms with E-state index in [0.29, 0.717) is 12.2 Å². The Hall–Kier alpha value is -1.79. The fraction of sp³-hybridized carbons (Fsp3) is 0.375. The van der Waals surface area contributed by atoms with Gasteiger partial charge < -0.3 is 5.73 Å². The highest BCUT2D eigenvalue weighted by Crippen LogP contribution is 2.34. The third kappa shape index (κ3) is 3.69. The first-order valence-electron chi connectivity index (χ1n) is 7.16. The molecule has 0 amide bonds. The highest BCUT2D eigenvalue weighted by molar-refractivity contribution is 7.84. The Bertz CT molecular complexity index is 673. The van der Waals surface area contributed by atoms with E-state index in [0.717, 1.165) is 16.8 Å². The molecule has 0 spiro atoms. The van der Waals surface area contributed by atoms with Crippen LogP contribution in [0.3, 0.4) is 0 Å². The first-order valence-corrected chi connectivity index (χ1v) is 8.37. The predicted molar refractivity (Wildman–Crippen MR) is 91.3 cm³/mol. The quantitative estimate of drug-likeness (QED) is 0.886. The van der Waals surface area contributed by atoms with E-state index in [-0.39, 0.29) is 5.92 Å². The van der Waals surface area contributed by atoms with Crippen LogP contribution < -0.4 is 10.9 Å². The number of benzene rings is 1. The summed E-state index contributed by atoms with van der Waals surface area (Å²) in [6.45, 7) is 5.87. The van der Waals surface area contributed by atoms with Gasteiger partial charge in [-0.25, -0.2) is 4.21 Å². The van der Waals surface area contributed by atoms with Crippen LogP contribution in [0.15, 0.2) is 36.4 Å². The zero-order valence-corrected chi connectivity index (χ0v) is 13.9. The molecule has 0 aliphatic carbocycles. The third-order valence-corrected chi connectivity index (χ3v) is 5.02. The summed E-state index contributed by atoms with van der Waals surface area (Å²) in [4.78, 5) is 0. The molecule has 118 valence electrons. The van der Waals surface area contributed by atoms with Crippen LogP contribution in [0.4, 0.5) is 5.82 Å². The van der Waals surface area contributed by atoms with Crippen LogP contribution in [0.5, 0.6) is 0 Å². The smallest absolute Gasteiger partial charge is 0.146 e. The molecule has 0 radical (unpaired) electrons. The fourth-order valence-electron chi connectivity index (χ4n) is 2.55. The molecule has 5 nitrogen and oxygen atoms in total. The van der Waals surface area contributed by atoms with Gasteiger partial charge in [0.25, 0.3) is 0 Å². The van der Waals surface area contributed by atoms with Crippen molar-refractivity contribution in [2.24, 2.45) is 5.14 Å². The van der Waals surface area contributed by atoms with Gasteiger partial charge in [-0.3, -0.25) is 5.14 Å². The number of aromatic nitrogens is 2. The van der Waals surface area contributed by atoms with Crippen molar-refractivity contribution < 1.29 is 4.21 Å². The molecular weight excluding hydrogens is 296 g/mol. The number of rotatable bonds is 5. The normalized spacial score (nSPS) is 14.5. The van der Waals surface area contributed by atoms with E-state index in [4.69, 9.17) is 10.9 Å². The predicted octanol–water partition coefficient (Wildman–Crippen LogP) is 2.62. The number of nitrogens with two attached hydrogens (primary N) is 2. The molecule has 0 saturated carbocycles. The molecule has 22 heavy (non-hydrogen) atoms. The summed E-state index contributed by atoms with van der Waals surface area (Å²) in [5.74, 6) is 0.490. The van der Waals surface area contributed by atoms with Crippen LogP contribution in [-0.2, 0) is 11.0 Å². The van der Waals surface area contributed by atoms with Gasteiger partial charge in [-0.2, -0.15) is 0 Å². The summed E-state index contributed by atoms with van der Waals surface area (Å²) in [5, 5.41) is 13.8. The summed E-state index contributed by atoms with van der Waals surface area (Å²) in [7, 11) is -1.39. The first-order chi connectivity index (χ1) is 10.3. The van der Waals surface area contributed by atoms with Crippen LogP contribution in [0, 0.1) is 0 Å². The van der Waals surface area contributed by atoms with Crippen LogP contribution >= 0.6 is 0 Å². The molecule has 0 fully saturated rings. The maximum absolute atomic E-state index is 11.7. The van der Waals surface area contributed by atoms with Crippen molar-refractivity contribution in [2.75, 3.05) is 5.73 Å². The minimum atomic E-state index is -1.39. The van der Waals surface area contributed by atoms with Gasteiger partial charge in [0.2, 0.25) is 0 Å². The average molecular weight is 318 g/mol. The molecule has 0 aliphatic rings. The SMILES string of the molecule is C[C@@H](CC(C)(C)S(N)=O)c1cc(N)nnc1-c1ccccc1. The van der Waals surface area contributed by atoms with Crippen molar-refractivity contribution in [1.29, 1.82) is 0 Å². The summed E-state index contributed by atoms with van der Waals surface area (Å²) in [5.41, 5.74) is 8.60. The van der Waals surface area contributed by atoms with Crippen molar-refractivity contribution in [2.45, 2.75) is 37.9 Å². The monoisotopic (exact) mass is 318 g/mol. The molecule has 1 aromatic heterocycles. The van der Waals surface area contributed by atoms with Crippen molar-refractivity contribution in [3.63, 3.8) is 0 Å². The fourth-order valence-corrected chi connectivity index (χ4v) is 2.96. The number of anilines is 1. The van der Waals surface area contributed by atoms with Gasteiger partial charge in [-0.15, -0.1) is 10.2 Å². The van der Waals surface area contributed by atoms with Gasteiger partial charge in [-0.1, -0.05) is 37.3 Å². The third-order valence-electron chi connectivity index (χ3n) is 3.76. The number of nitrogens with zero attached hydrogens (tertiary/aromatic N) is 2. The van der Waals surface area contributed by atoms with E-state index >= 15 is 0 Å². The molecule has 2 rings (SSSR count). The molecule has 6 heteroatoms. The Morgan fingerprint density at radius 3 is 2.45 bits per heavy atom. The Balaban J connectivity index is 2.42. The van der Waals surface area contributed by atoms with Gasteiger partial charge in [0, 0.05) is 5.56 Å². The summed E-state index contributed by atoms with van der Waals surface area (Å²) >= 11 is 0. The van der Waals surface area contributed by atoms with E-state index in [2.05, 4.69) is 17.1 Å². The Morgan fingerprint density at radius 1 is 1.23 bits per heavy atom. The minimum absolute atomic E-state index is 0.107. The molecule has 0 bridgehead atoms. The molecule has 2 atom stereocenters. The molecule has 1 heterocycles. The van der Waals surface area contributed by atoms with Gasteiger partial charge in [0.1, 0.15) is 5.82 Å². The van der Waals surface area contributed by atoms with E-state index in [9.17, 15) is 4.21 Å². The van der Waals surface area contributed by atoms with Crippen LogP contribution in [0.25, 0.3) is 11.3 Å². The molecule has 2 aromatic rings. The van der Waals surface area contributed by atoms with Crippen molar-refractivity contribution in [3.8, 4) is 11.3 Å². The minimum Gasteiger partial charge on any atom is -0.382 e. The first kappa shape index (κ1) is 16.6. The second kappa shape index (κ2) is 6.54. The second-order valence-corrected chi connectivity index (χ2v) is 7.80. The lowest BCUT2D eigenvalue weighted by Gasteiger charge is -2.26. The molecular formula is C16H22N4OS. The number of nitrogen functional groups attached to an aromatic ring is 1. The summed E-state index contributed by atoms with van der Waals surface area (Å²) < 4.78 is 11.2. The molecule has 0 aliphatic heterocycles. The number of hydrogen-bond donors (Lipinski definition) is 2.